The number of nitrogens with two attached hydrogens (primary N) is 1. The number of hydrogen-bond donors (Lipinski definition) is 2. The summed E-state index contributed by atoms with van der Waals surface area (Å²) in [7, 11) is 0. The average Bonchev–Trinajstić information content (AvgIpc) is 2.43. The predicted molar refractivity (Wildman–Crippen MR) is 81.4 cm³/mol. The molecule has 0 atom stereocenters. The Labute approximate surface area is 129 Å². The number of hydrogen-bond acceptors (Lipinski definition) is 2. The van der Waals surface area contributed by atoms with Crippen LogP contribution in [0.3, 0.4) is 0 Å². The molecule has 0 saturated heterocycles. The van der Waals surface area contributed by atoms with Crippen LogP contribution in [0.1, 0.15) is 15.9 Å². The summed E-state index contributed by atoms with van der Waals surface area (Å²) in [5.74, 6) is -1.19. The fourth-order valence-corrected chi connectivity index (χ4v) is 2.13. The molecule has 2 amide bonds. The molecular weight excluding hydrogens is 339 g/mol. The van der Waals surface area contributed by atoms with Gasteiger partial charge in [-0.25, -0.2) is 4.39 Å². The van der Waals surface area contributed by atoms with E-state index in [0.717, 1.165) is 5.56 Å². The number of primary amides is 1. The molecule has 21 heavy (non-hydrogen) atoms. The van der Waals surface area contributed by atoms with Crippen LogP contribution < -0.4 is 11.1 Å². The van der Waals surface area contributed by atoms with Gasteiger partial charge in [0.15, 0.2) is 0 Å². The summed E-state index contributed by atoms with van der Waals surface area (Å²) in [6.45, 7) is 0. The van der Waals surface area contributed by atoms with E-state index < -0.39 is 11.7 Å². The second-order valence-corrected chi connectivity index (χ2v) is 5.28. The van der Waals surface area contributed by atoms with Crippen molar-refractivity contribution in [2.75, 3.05) is 5.32 Å². The van der Waals surface area contributed by atoms with Crippen LogP contribution in [0.4, 0.5) is 10.1 Å². The van der Waals surface area contributed by atoms with E-state index in [4.69, 9.17) is 5.73 Å². The Balaban J connectivity index is 2.08. The van der Waals surface area contributed by atoms with Crippen LogP contribution in [0.2, 0.25) is 0 Å². The molecule has 0 unspecified atom stereocenters. The van der Waals surface area contributed by atoms with E-state index in [1.54, 1.807) is 24.3 Å². The Kier molecular flexibility index (Phi) is 4.70. The minimum atomic E-state index is -0.428. The standard InChI is InChI=1S/C15H12BrFN2O2/c16-12-8-10(3-6-13(12)17)15(21)19-11-4-1-9(2-5-11)7-14(18)20/h1-6,8H,7H2,(H2,18,20)(H,19,21). The van der Waals surface area contributed by atoms with E-state index in [2.05, 4.69) is 21.2 Å². The van der Waals surface area contributed by atoms with Crippen molar-refractivity contribution in [1.29, 1.82) is 0 Å². The smallest absolute Gasteiger partial charge is 0.255 e. The topological polar surface area (TPSA) is 72.2 Å². The lowest BCUT2D eigenvalue weighted by Gasteiger charge is -2.07. The second kappa shape index (κ2) is 6.49. The average molecular weight is 351 g/mol. The van der Waals surface area contributed by atoms with E-state index in [1.165, 1.54) is 18.2 Å². The minimum Gasteiger partial charge on any atom is -0.369 e. The second-order valence-electron chi connectivity index (χ2n) is 4.42. The van der Waals surface area contributed by atoms with Gasteiger partial charge in [-0.05, 0) is 51.8 Å². The third-order valence-corrected chi connectivity index (χ3v) is 3.38. The molecule has 4 nitrogen and oxygen atoms in total. The SMILES string of the molecule is NC(=O)Cc1ccc(NC(=O)c2ccc(F)c(Br)c2)cc1. The Morgan fingerprint density at radius 2 is 1.81 bits per heavy atom. The van der Waals surface area contributed by atoms with E-state index in [-0.39, 0.29) is 16.8 Å². The third kappa shape index (κ3) is 4.13. The zero-order valence-electron chi connectivity index (χ0n) is 10.9. The molecule has 0 spiro atoms. The molecule has 0 aliphatic heterocycles. The normalized spacial score (nSPS) is 10.2. The molecule has 0 saturated carbocycles. The van der Waals surface area contributed by atoms with Gasteiger partial charge < -0.3 is 11.1 Å². The predicted octanol–water partition coefficient (Wildman–Crippen LogP) is 2.87. The van der Waals surface area contributed by atoms with Crippen molar-refractivity contribution in [1.82, 2.24) is 0 Å². The van der Waals surface area contributed by atoms with Crippen molar-refractivity contribution < 1.29 is 14.0 Å². The summed E-state index contributed by atoms with van der Waals surface area (Å²) in [5.41, 5.74) is 6.79. The fourth-order valence-electron chi connectivity index (χ4n) is 1.75. The lowest BCUT2D eigenvalue weighted by molar-refractivity contribution is -0.117. The van der Waals surface area contributed by atoms with Gasteiger partial charge in [0.1, 0.15) is 5.82 Å². The van der Waals surface area contributed by atoms with Crippen LogP contribution in [0, 0.1) is 5.82 Å². The van der Waals surface area contributed by atoms with E-state index >= 15 is 0 Å². The van der Waals surface area contributed by atoms with E-state index in [1.807, 2.05) is 0 Å². The number of rotatable bonds is 4. The van der Waals surface area contributed by atoms with Gasteiger partial charge in [0.05, 0.1) is 10.9 Å². The van der Waals surface area contributed by atoms with Gasteiger partial charge in [0.25, 0.3) is 5.91 Å². The number of anilines is 1. The molecule has 2 rings (SSSR count). The highest BCUT2D eigenvalue weighted by molar-refractivity contribution is 9.10. The van der Waals surface area contributed by atoms with Crippen LogP contribution >= 0.6 is 15.9 Å². The van der Waals surface area contributed by atoms with Gasteiger partial charge in [0.2, 0.25) is 5.91 Å². The molecule has 0 radical (unpaired) electrons. The molecular formula is C15H12BrFN2O2. The molecule has 0 aliphatic carbocycles. The number of amides is 2. The number of carbonyl (C=O) groups excluding carboxylic acids is 2. The third-order valence-electron chi connectivity index (χ3n) is 2.77. The van der Waals surface area contributed by atoms with Crippen molar-refractivity contribution >= 4 is 33.4 Å². The Morgan fingerprint density at radius 3 is 2.38 bits per heavy atom. The first-order chi connectivity index (χ1) is 9.95. The number of carbonyl (C=O) groups is 2. The van der Waals surface area contributed by atoms with Crippen LogP contribution in [-0.2, 0) is 11.2 Å². The van der Waals surface area contributed by atoms with Gasteiger partial charge in [-0.1, -0.05) is 12.1 Å². The van der Waals surface area contributed by atoms with E-state index in [9.17, 15) is 14.0 Å². The Hall–Kier alpha value is -2.21. The molecule has 0 aliphatic rings. The quantitative estimate of drug-likeness (QED) is 0.889. The van der Waals surface area contributed by atoms with Crippen LogP contribution in [0.5, 0.6) is 0 Å². The van der Waals surface area contributed by atoms with Gasteiger partial charge in [0, 0.05) is 11.3 Å². The van der Waals surface area contributed by atoms with Crippen molar-refractivity contribution in [2.45, 2.75) is 6.42 Å². The molecule has 0 fully saturated rings. The summed E-state index contributed by atoms with van der Waals surface area (Å²) >= 11 is 3.03. The summed E-state index contributed by atoms with van der Waals surface area (Å²) in [6.07, 6.45) is 0.152. The fraction of sp³-hybridized carbons (Fsp3) is 0.0667. The first-order valence-corrected chi connectivity index (χ1v) is 6.88. The van der Waals surface area contributed by atoms with Crippen molar-refractivity contribution in [3.8, 4) is 0 Å². The summed E-state index contributed by atoms with van der Waals surface area (Å²) < 4.78 is 13.3. The molecule has 3 N–H and O–H groups in total. The zero-order valence-corrected chi connectivity index (χ0v) is 12.5. The van der Waals surface area contributed by atoms with Crippen molar-refractivity contribution in [3.05, 3.63) is 63.9 Å². The molecule has 0 aromatic heterocycles. The van der Waals surface area contributed by atoms with Gasteiger partial charge in [-0.15, -0.1) is 0 Å². The van der Waals surface area contributed by atoms with Crippen LogP contribution in [0.15, 0.2) is 46.9 Å². The summed E-state index contributed by atoms with van der Waals surface area (Å²) in [4.78, 5) is 22.8. The zero-order chi connectivity index (χ0) is 15.4. The summed E-state index contributed by atoms with van der Waals surface area (Å²) in [6, 6.07) is 10.8. The maximum absolute atomic E-state index is 13.1. The highest BCUT2D eigenvalue weighted by Crippen LogP contribution is 2.18. The maximum atomic E-state index is 13.1. The summed E-state index contributed by atoms with van der Waals surface area (Å²) in [5, 5.41) is 2.69. The molecule has 108 valence electrons. The Morgan fingerprint density at radius 1 is 1.14 bits per heavy atom. The molecule has 0 heterocycles. The monoisotopic (exact) mass is 350 g/mol. The lowest BCUT2D eigenvalue weighted by atomic mass is 10.1. The minimum absolute atomic E-state index is 0.152. The van der Waals surface area contributed by atoms with Gasteiger partial charge in [-0.2, -0.15) is 0 Å². The first kappa shape index (κ1) is 15.2. The number of nitrogens with one attached hydrogen (secondary N) is 1. The molecule has 2 aromatic rings. The number of halogens is 2. The molecule has 0 bridgehead atoms. The number of benzene rings is 2. The largest absolute Gasteiger partial charge is 0.369 e. The van der Waals surface area contributed by atoms with E-state index in [0.29, 0.717) is 11.3 Å². The highest BCUT2D eigenvalue weighted by atomic mass is 79.9. The van der Waals surface area contributed by atoms with Crippen molar-refractivity contribution in [3.63, 3.8) is 0 Å². The van der Waals surface area contributed by atoms with Crippen LogP contribution in [-0.4, -0.2) is 11.8 Å². The van der Waals surface area contributed by atoms with Crippen molar-refractivity contribution in [2.24, 2.45) is 5.73 Å². The first-order valence-electron chi connectivity index (χ1n) is 6.09. The molecule has 6 heteroatoms. The lowest BCUT2D eigenvalue weighted by Crippen LogP contribution is -2.14. The molecule has 2 aromatic carbocycles. The van der Waals surface area contributed by atoms with Gasteiger partial charge in [-0.3, -0.25) is 9.59 Å². The maximum Gasteiger partial charge on any atom is 0.255 e. The van der Waals surface area contributed by atoms with Crippen LogP contribution in [0.25, 0.3) is 0 Å². The highest BCUT2D eigenvalue weighted by Gasteiger charge is 2.09. The van der Waals surface area contributed by atoms with Gasteiger partial charge >= 0.3 is 0 Å². The Bertz CT molecular complexity index is 687.